The van der Waals surface area contributed by atoms with Crippen molar-refractivity contribution in [3.05, 3.63) is 41.0 Å². The number of aryl methyl sites for hydroxylation is 1. The van der Waals surface area contributed by atoms with Crippen molar-refractivity contribution in [1.82, 2.24) is 9.78 Å². The second-order valence-corrected chi connectivity index (χ2v) is 3.75. The van der Waals surface area contributed by atoms with Crippen molar-refractivity contribution in [2.75, 3.05) is 0 Å². The van der Waals surface area contributed by atoms with E-state index in [-0.39, 0.29) is 10.6 Å². The van der Waals surface area contributed by atoms with Gasteiger partial charge in [0.1, 0.15) is 0 Å². The lowest BCUT2D eigenvalue weighted by atomic mass is 10.1. The number of carboxylic acid groups (broad SMARTS) is 1. The van der Waals surface area contributed by atoms with Crippen molar-refractivity contribution in [1.29, 1.82) is 0 Å². The van der Waals surface area contributed by atoms with Gasteiger partial charge in [0.15, 0.2) is 0 Å². The van der Waals surface area contributed by atoms with Crippen LogP contribution in [0.15, 0.2) is 30.5 Å². The first-order chi connectivity index (χ1) is 7.59. The molecule has 16 heavy (non-hydrogen) atoms. The maximum Gasteiger partial charge on any atom is 0.337 e. The Morgan fingerprint density at radius 3 is 2.69 bits per heavy atom. The molecule has 0 spiro atoms. The summed E-state index contributed by atoms with van der Waals surface area (Å²) in [4.78, 5) is 10.8. The van der Waals surface area contributed by atoms with Gasteiger partial charge >= 0.3 is 5.97 Å². The second kappa shape index (κ2) is 3.98. The summed E-state index contributed by atoms with van der Waals surface area (Å²) in [5.41, 5.74) is 1.83. The average molecular weight is 237 g/mol. The second-order valence-electron chi connectivity index (χ2n) is 3.34. The van der Waals surface area contributed by atoms with Crippen molar-refractivity contribution in [2.24, 2.45) is 7.05 Å². The van der Waals surface area contributed by atoms with E-state index in [2.05, 4.69) is 5.10 Å². The van der Waals surface area contributed by atoms with Crippen molar-refractivity contribution in [3.8, 4) is 11.3 Å². The molecular weight excluding hydrogens is 228 g/mol. The highest BCUT2D eigenvalue weighted by atomic mass is 35.5. The molecule has 0 unspecified atom stereocenters. The fraction of sp³-hybridized carbons (Fsp3) is 0.0909. The zero-order valence-electron chi connectivity index (χ0n) is 8.51. The van der Waals surface area contributed by atoms with Crippen molar-refractivity contribution < 1.29 is 9.90 Å². The molecule has 1 heterocycles. The van der Waals surface area contributed by atoms with Crippen LogP contribution in [0.5, 0.6) is 0 Å². The van der Waals surface area contributed by atoms with Gasteiger partial charge in [0.2, 0.25) is 0 Å². The minimum Gasteiger partial charge on any atom is -0.478 e. The van der Waals surface area contributed by atoms with Gasteiger partial charge in [-0.3, -0.25) is 4.68 Å². The van der Waals surface area contributed by atoms with Crippen LogP contribution >= 0.6 is 11.6 Å². The van der Waals surface area contributed by atoms with E-state index in [9.17, 15) is 4.79 Å². The lowest BCUT2D eigenvalue weighted by Crippen LogP contribution is -1.98. The lowest BCUT2D eigenvalue weighted by Gasteiger charge is -2.04. The highest BCUT2D eigenvalue weighted by Crippen LogP contribution is 2.25. The van der Waals surface area contributed by atoms with Gasteiger partial charge in [0, 0.05) is 18.8 Å². The Kier molecular flexibility index (Phi) is 2.66. The van der Waals surface area contributed by atoms with Crippen LogP contribution in [-0.4, -0.2) is 20.9 Å². The summed E-state index contributed by atoms with van der Waals surface area (Å²) in [7, 11) is 1.81. The number of aromatic carboxylic acids is 1. The van der Waals surface area contributed by atoms with E-state index in [1.807, 2.05) is 13.1 Å². The van der Waals surface area contributed by atoms with Gasteiger partial charge in [-0.15, -0.1) is 0 Å². The standard InChI is InChI=1S/C11H9ClN2O2/c1-14-10(4-5-13-14)7-2-3-8(11(15)16)9(12)6-7/h2-6H,1H3,(H,15,16). The van der Waals surface area contributed by atoms with Crippen molar-refractivity contribution in [3.63, 3.8) is 0 Å². The zero-order chi connectivity index (χ0) is 11.7. The molecule has 0 radical (unpaired) electrons. The minimum atomic E-state index is -1.03. The van der Waals surface area contributed by atoms with Gasteiger partial charge < -0.3 is 5.11 Å². The molecule has 0 aliphatic carbocycles. The molecule has 1 aromatic heterocycles. The number of halogens is 1. The molecule has 0 atom stereocenters. The minimum absolute atomic E-state index is 0.104. The number of nitrogens with zero attached hydrogens (tertiary/aromatic N) is 2. The lowest BCUT2D eigenvalue weighted by molar-refractivity contribution is 0.0697. The predicted molar refractivity (Wildman–Crippen MR) is 60.6 cm³/mol. The summed E-state index contributed by atoms with van der Waals surface area (Å²) in [5.74, 6) is -1.03. The molecule has 2 rings (SSSR count). The fourth-order valence-corrected chi connectivity index (χ4v) is 1.77. The fourth-order valence-electron chi connectivity index (χ4n) is 1.50. The molecule has 0 amide bonds. The average Bonchev–Trinajstić information content (AvgIpc) is 2.63. The molecule has 0 bridgehead atoms. The van der Waals surface area contributed by atoms with Crippen LogP contribution in [0.4, 0.5) is 0 Å². The molecule has 82 valence electrons. The van der Waals surface area contributed by atoms with Crippen LogP contribution < -0.4 is 0 Å². The van der Waals surface area contributed by atoms with Gasteiger partial charge in [-0.1, -0.05) is 17.7 Å². The Hall–Kier alpha value is -1.81. The molecule has 0 fully saturated rings. The van der Waals surface area contributed by atoms with Gasteiger partial charge in [0.05, 0.1) is 16.3 Å². The molecule has 5 heteroatoms. The Morgan fingerprint density at radius 2 is 2.19 bits per heavy atom. The van der Waals surface area contributed by atoms with E-state index in [0.29, 0.717) is 0 Å². The molecule has 1 aromatic carbocycles. The number of hydrogen-bond donors (Lipinski definition) is 1. The number of aromatic nitrogens is 2. The molecule has 0 saturated heterocycles. The Labute approximate surface area is 97.1 Å². The van der Waals surface area contributed by atoms with Crippen LogP contribution in [0.25, 0.3) is 11.3 Å². The topological polar surface area (TPSA) is 55.1 Å². The van der Waals surface area contributed by atoms with Crippen LogP contribution in [0, 0.1) is 0 Å². The Balaban J connectivity index is 2.50. The summed E-state index contributed by atoms with van der Waals surface area (Å²) < 4.78 is 1.70. The number of benzene rings is 1. The molecule has 2 aromatic rings. The number of carboxylic acids is 1. The van der Waals surface area contributed by atoms with E-state index in [1.165, 1.54) is 6.07 Å². The maximum absolute atomic E-state index is 10.8. The first kappa shape index (κ1) is 10.7. The van der Waals surface area contributed by atoms with Gasteiger partial charge in [0.25, 0.3) is 0 Å². The highest BCUT2D eigenvalue weighted by molar-refractivity contribution is 6.33. The SMILES string of the molecule is Cn1nccc1-c1ccc(C(=O)O)c(Cl)c1. The van der Waals surface area contributed by atoms with Crippen LogP contribution in [0.1, 0.15) is 10.4 Å². The van der Waals surface area contributed by atoms with Crippen molar-refractivity contribution >= 4 is 17.6 Å². The summed E-state index contributed by atoms with van der Waals surface area (Å²) in [6.45, 7) is 0. The molecule has 0 aliphatic rings. The van der Waals surface area contributed by atoms with Crippen LogP contribution in [-0.2, 0) is 7.05 Å². The van der Waals surface area contributed by atoms with Crippen LogP contribution in [0.2, 0.25) is 5.02 Å². The summed E-state index contributed by atoms with van der Waals surface area (Å²) >= 11 is 5.88. The molecule has 1 N–H and O–H groups in total. The van der Waals surface area contributed by atoms with E-state index in [1.54, 1.807) is 23.0 Å². The summed E-state index contributed by atoms with van der Waals surface area (Å²) in [6.07, 6.45) is 1.67. The third kappa shape index (κ3) is 1.79. The number of carbonyl (C=O) groups is 1. The third-order valence-electron chi connectivity index (χ3n) is 2.32. The summed E-state index contributed by atoms with van der Waals surface area (Å²) in [6, 6.07) is 6.67. The maximum atomic E-state index is 10.8. The predicted octanol–water partition coefficient (Wildman–Crippen LogP) is 2.44. The molecular formula is C11H9ClN2O2. The Bertz CT molecular complexity index is 549. The zero-order valence-corrected chi connectivity index (χ0v) is 9.27. The first-order valence-corrected chi connectivity index (χ1v) is 4.98. The van der Waals surface area contributed by atoms with Crippen molar-refractivity contribution in [2.45, 2.75) is 0 Å². The number of hydrogen-bond acceptors (Lipinski definition) is 2. The summed E-state index contributed by atoms with van der Waals surface area (Å²) in [5, 5.41) is 13.1. The van der Waals surface area contributed by atoms with E-state index in [0.717, 1.165) is 11.3 Å². The highest BCUT2D eigenvalue weighted by Gasteiger charge is 2.10. The molecule has 0 saturated carbocycles. The van der Waals surface area contributed by atoms with Crippen LogP contribution in [0.3, 0.4) is 0 Å². The van der Waals surface area contributed by atoms with E-state index >= 15 is 0 Å². The molecule has 0 aliphatic heterocycles. The quantitative estimate of drug-likeness (QED) is 0.871. The van der Waals surface area contributed by atoms with Gasteiger partial charge in [-0.25, -0.2) is 4.79 Å². The normalized spacial score (nSPS) is 10.4. The largest absolute Gasteiger partial charge is 0.478 e. The third-order valence-corrected chi connectivity index (χ3v) is 2.63. The number of rotatable bonds is 2. The van der Waals surface area contributed by atoms with Gasteiger partial charge in [-0.2, -0.15) is 5.10 Å². The van der Waals surface area contributed by atoms with E-state index in [4.69, 9.17) is 16.7 Å². The first-order valence-electron chi connectivity index (χ1n) is 4.61. The monoisotopic (exact) mass is 236 g/mol. The smallest absolute Gasteiger partial charge is 0.337 e. The van der Waals surface area contributed by atoms with Gasteiger partial charge in [-0.05, 0) is 18.2 Å². The molecule has 4 nitrogen and oxygen atoms in total. The van der Waals surface area contributed by atoms with E-state index < -0.39 is 5.97 Å². The Morgan fingerprint density at radius 1 is 1.44 bits per heavy atom.